The summed E-state index contributed by atoms with van der Waals surface area (Å²) in [6.07, 6.45) is -0.0740. The monoisotopic (exact) mass is 314 g/mol. The fourth-order valence-corrected chi connectivity index (χ4v) is 3.13. The molecular formula is C15H22O2Se. The Morgan fingerprint density at radius 3 is 2.56 bits per heavy atom. The van der Waals surface area contributed by atoms with Gasteiger partial charge in [0.2, 0.25) is 0 Å². The Bertz CT molecular complexity index is 351. The number of hydrogen-bond acceptors (Lipinski definition) is 2. The predicted molar refractivity (Wildman–Crippen MR) is 77.4 cm³/mol. The van der Waals surface area contributed by atoms with Crippen LogP contribution in [0.15, 0.2) is 42.5 Å². The van der Waals surface area contributed by atoms with E-state index in [1.165, 1.54) is 4.46 Å². The van der Waals surface area contributed by atoms with Crippen molar-refractivity contribution in [3.63, 3.8) is 0 Å². The van der Waals surface area contributed by atoms with Crippen LogP contribution in [-0.2, 0) is 9.47 Å². The maximum absolute atomic E-state index is 5.87. The molecule has 0 fully saturated rings. The molecule has 0 saturated heterocycles. The van der Waals surface area contributed by atoms with E-state index in [4.69, 9.17) is 9.47 Å². The van der Waals surface area contributed by atoms with Gasteiger partial charge in [0.25, 0.3) is 0 Å². The molecule has 1 aromatic carbocycles. The van der Waals surface area contributed by atoms with Crippen molar-refractivity contribution < 1.29 is 9.47 Å². The molecule has 0 aliphatic heterocycles. The van der Waals surface area contributed by atoms with Crippen LogP contribution < -0.4 is 4.46 Å². The second-order valence-electron chi connectivity index (χ2n) is 4.13. The average molecular weight is 313 g/mol. The van der Waals surface area contributed by atoms with E-state index in [0.29, 0.717) is 21.6 Å². The zero-order valence-electron chi connectivity index (χ0n) is 11.4. The minimum absolute atomic E-state index is 0.0492. The molecule has 0 spiro atoms. The van der Waals surface area contributed by atoms with E-state index in [2.05, 4.69) is 30.8 Å². The summed E-state index contributed by atoms with van der Waals surface area (Å²) in [6, 6.07) is 10.5. The van der Waals surface area contributed by atoms with Crippen LogP contribution in [0.5, 0.6) is 0 Å². The Morgan fingerprint density at radius 1 is 1.33 bits per heavy atom. The second-order valence-corrected chi connectivity index (χ2v) is 6.43. The average Bonchev–Trinajstić information content (AvgIpc) is 2.37. The fourth-order valence-electron chi connectivity index (χ4n) is 1.34. The number of rotatable bonds is 8. The van der Waals surface area contributed by atoms with E-state index >= 15 is 0 Å². The van der Waals surface area contributed by atoms with Gasteiger partial charge in [0.15, 0.2) is 0 Å². The third kappa shape index (κ3) is 5.83. The molecule has 2 nitrogen and oxygen atoms in total. The Kier molecular flexibility index (Phi) is 7.29. The Balaban J connectivity index is 2.45. The molecule has 0 radical (unpaired) electrons. The van der Waals surface area contributed by atoms with Gasteiger partial charge in [-0.2, -0.15) is 0 Å². The first-order chi connectivity index (χ1) is 8.63. The van der Waals surface area contributed by atoms with Crippen molar-refractivity contribution in [2.45, 2.75) is 38.5 Å². The van der Waals surface area contributed by atoms with Gasteiger partial charge in [0.1, 0.15) is 0 Å². The van der Waals surface area contributed by atoms with Crippen LogP contribution >= 0.6 is 0 Å². The van der Waals surface area contributed by atoms with Gasteiger partial charge in [-0.15, -0.1) is 0 Å². The summed E-state index contributed by atoms with van der Waals surface area (Å²) >= 11 is 0.385. The molecule has 0 aliphatic rings. The quantitative estimate of drug-likeness (QED) is 0.417. The van der Waals surface area contributed by atoms with Gasteiger partial charge in [0, 0.05) is 0 Å². The van der Waals surface area contributed by atoms with Crippen LogP contribution in [0.2, 0.25) is 5.32 Å². The molecular weight excluding hydrogens is 291 g/mol. The number of hydrogen-bond donors (Lipinski definition) is 0. The van der Waals surface area contributed by atoms with E-state index < -0.39 is 0 Å². The molecule has 100 valence electrons. The zero-order chi connectivity index (χ0) is 13.4. The van der Waals surface area contributed by atoms with Crippen molar-refractivity contribution in [3.05, 3.63) is 42.5 Å². The molecule has 18 heavy (non-hydrogen) atoms. The molecule has 0 amide bonds. The van der Waals surface area contributed by atoms with E-state index in [1.807, 2.05) is 26.8 Å². The number of benzene rings is 1. The predicted octanol–water partition coefficient (Wildman–Crippen LogP) is 2.78. The molecule has 2 unspecified atom stereocenters. The van der Waals surface area contributed by atoms with Crippen LogP contribution in [0.25, 0.3) is 0 Å². The molecule has 3 heteroatoms. The first-order valence-corrected chi connectivity index (χ1v) is 8.30. The van der Waals surface area contributed by atoms with Gasteiger partial charge < -0.3 is 0 Å². The van der Waals surface area contributed by atoms with Crippen molar-refractivity contribution in [1.29, 1.82) is 0 Å². The summed E-state index contributed by atoms with van der Waals surface area (Å²) < 4.78 is 12.9. The molecule has 2 atom stereocenters. The third-order valence-electron chi connectivity index (χ3n) is 2.53. The molecule has 0 heterocycles. The van der Waals surface area contributed by atoms with Crippen molar-refractivity contribution in [1.82, 2.24) is 0 Å². The van der Waals surface area contributed by atoms with Crippen molar-refractivity contribution in [3.8, 4) is 0 Å². The Hall–Kier alpha value is -0.601. The Labute approximate surface area is 117 Å². The van der Waals surface area contributed by atoms with Gasteiger partial charge in [-0.25, -0.2) is 0 Å². The zero-order valence-corrected chi connectivity index (χ0v) is 13.1. The summed E-state index contributed by atoms with van der Waals surface area (Å²) in [5, 5.41) is 0.933. The Morgan fingerprint density at radius 2 is 2.00 bits per heavy atom. The first-order valence-electron chi connectivity index (χ1n) is 6.23. The van der Waals surface area contributed by atoms with Crippen LogP contribution in [0.3, 0.4) is 0 Å². The third-order valence-corrected chi connectivity index (χ3v) is 4.72. The normalized spacial score (nSPS) is 14.2. The maximum atomic E-state index is 5.87. The van der Waals surface area contributed by atoms with E-state index in [9.17, 15) is 0 Å². The summed E-state index contributed by atoms with van der Waals surface area (Å²) in [5.41, 5.74) is 1.03. The molecule has 0 saturated carbocycles. The van der Waals surface area contributed by atoms with Gasteiger partial charge in [0.05, 0.1) is 0 Å². The van der Waals surface area contributed by atoms with E-state index in [0.717, 1.165) is 10.9 Å². The standard InChI is InChI=1S/C15H22O2Se/c1-5-16-15(17-13(4)12(2)3)11-18-14-9-7-6-8-10-14/h6-10,13,15H,2,5,11H2,1,3-4H3. The number of ether oxygens (including phenoxy) is 2. The van der Waals surface area contributed by atoms with Gasteiger partial charge in [-0.05, 0) is 0 Å². The van der Waals surface area contributed by atoms with Gasteiger partial charge in [-0.1, -0.05) is 0 Å². The topological polar surface area (TPSA) is 18.5 Å². The first kappa shape index (κ1) is 15.5. The molecule has 1 aromatic rings. The SMILES string of the molecule is C=C(C)C(C)OC(C[Se]c1ccccc1)OCC. The fraction of sp³-hybridized carbons (Fsp3) is 0.467. The van der Waals surface area contributed by atoms with Crippen LogP contribution in [-0.4, -0.2) is 34.0 Å². The van der Waals surface area contributed by atoms with Gasteiger partial charge in [-0.3, -0.25) is 0 Å². The molecule has 0 N–H and O–H groups in total. The van der Waals surface area contributed by atoms with Crippen molar-refractivity contribution >= 4 is 19.4 Å². The van der Waals surface area contributed by atoms with Crippen molar-refractivity contribution in [2.24, 2.45) is 0 Å². The van der Waals surface area contributed by atoms with E-state index in [-0.39, 0.29) is 12.4 Å². The molecule has 0 aromatic heterocycles. The molecule has 0 bridgehead atoms. The van der Waals surface area contributed by atoms with Crippen molar-refractivity contribution in [2.75, 3.05) is 6.61 Å². The second kappa shape index (κ2) is 8.49. The van der Waals surface area contributed by atoms with Crippen LogP contribution in [0.4, 0.5) is 0 Å². The van der Waals surface area contributed by atoms with Crippen LogP contribution in [0, 0.1) is 0 Å². The summed E-state index contributed by atoms with van der Waals surface area (Å²) in [6.45, 7) is 10.6. The summed E-state index contributed by atoms with van der Waals surface area (Å²) in [7, 11) is 0. The van der Waals surface area contributed by atoms with Crippen LogP contribution in [0.1, 0.15) is 20.8 Å². The molecule has 1 rings (SSSR count). The molecule has 0 aliphatic carbocycles. The van der Waals surface area contributed by atoms with E-state index in [1.54, 1.807) is 0 Å². The minimum atomic E-state index is -0.123. The van der Waals surface area contributed by atoms with Gasteiger partial charge >= 0.3 is 116 Å². The summed E-state index contributed by atoms with van der Waals surface area (Å²) in [4.78, 5) is 0. The summed E-state index contributed by atoms with van der Waals surface area (Å²) in [5.74, 6) is 0.